The van der Waals surface area contributed by atoms with Crippen LogP contribution in [0.15, 0.2) is 12.7 Å². The first-order chi connectivity index (χ1) is 6.24. The van der Waals surface area contributed by atoms with Crippen LogP contribution in [0.4, 0.5) is 0 Å². The Labute approximate surface area is 79.6 Å². The summed E-state index contributed by atoms with van der Waals surface area (Å²) in [6, 6.07) is 0.214. The molecule has 0 bridgehead atoms. The maximum absolute atomic E-state index is 11.5. The van der Waals surface area contributed by atoms with E-state index in [1.165, 1.54) is 0 Å². The highest BCUT2D eigenvalue weighted by atomic mass is 16.2. The fourth-order valence-corrected chi connectivity index (χ4v) is 1.55. The second-order valence-electron chi connectivity index (χ2n) is 3.62. The van der Waals surface area contributed by atoms with Crippen LogP contribution in [0.25, 0.3) is 0 Å². The summed E-state index contributed by atoms with van der Waals surface area (Å²) in [4.78, 5) is 11.5. The van der Waals surface area contributed by atoms with Gasteiger partial charge in [0.05, 0.1) is 5.92 Å². The molecule has 1 saturated heterocycles. The van der Waals surface area contributed by atoms with Crippen LogP contribution in [0.5, 0.6) is 0 Å². The summed E-state index contributed by atoms with van der Waals surface area (Å²) in [5, 5.41) is 6.15. The maximum Gasteiger partial charge on any atom is 0.224 e. The van der Waals surface area contributed by atoms with E-state index in [0.29, 0.717) is 0 Å². The molecule has 2 atom stereocenters. The minimum Gasteiger partial charge on any atom is -0.353 e. The summed E-state index contributed by atoms with van der Waals surface area (Å²) in [5.41, 5.74) is 0. The van der Waals surface area contributed by atoms with Crippen molar-refractivity contribution in [3.8, 4) is 0 Å². The fraction of sp³-hybridized carbons (Fsp3) is 0.700. The maximum atomic E-state index is 11.5. The van der Waals surface area contributed by atoms with Gasteiger partial charge < -0.3 is 10.6 Å². The summed E-state index contributed by atoms with van der Waals surface area (Å²) in [6.07, 6.45) is 3.64. The Morgan fingerprint density at radius 2 is 2.62 bits per heavy atom. The van der Waals surface area contributed by atoms with Gasteiger partial charge in [0, 0.05) is 12.6 Å². The zero-order chi connectivity index (χ0) is 9.68. The Kier molecular flexibility index (Phi) is 3.96. The van der Waals surface area contributed by atoms with Gasteiger partial charge in [-0.3, -0.25) is 4.79 Å². The van der Waals surface area contributed by atoms with Crippen LogP contribution in [-0.2, 0) is 4.79 Å². The number of hydrogen-bond acceptors (Lipinski definition) is 2. The van der Waals surface area contributed by atoms with Crippen LogP contribution in [0.1, 0.15) is 19.8 Å². The minimum absolute atomic E-state index is 0.173. The summed E-state index contributed by atoms with van der Waals surface area (Å²) in [7, 11) is 0. The largest absolute Gasteiger partial charge is 0.353 e. The van der Waals surface area contributed by atoms with E-state index in [9.17, 15) is 4.79 Å². The SMILES string of the molecule is C=CCC(C)NC(=O)C1CCNC1. The quantitative estimate of drug-likeness (QED) is 0.628. The zero-order valence-corrected chi connectivity index (χ0v) is 8.18. The van der Waals surface area contributed by atoms with Crippen molar-refractivity contribution in [3.05, 3.63) is 12.7 Å². The average molecular weight is 182 g/mol. The minimum atomic E-state index is 0.173. The Hall–Kier alpha value is -0.830. The molecule has 1 heterocycles. The number of hydrogen-bond donors (Lipinski definition) is 2. The Morgan fingerprint density at radius 3 is 3.15 bits per heavy atom. The molecule has 0 radical (unpaired) electrons. The fourth-order valence-electron chi connectivity index (χ4n) is 1.55. The van der Waals surface area contributed by atoms with Crippen molar-refractivity contribution >= 4 is 5.91 Å². The van der Waals surface area contributed by atoms with Gasteiger partial charge in [-0.1, -0.05) is 6.08 Å². The molecule has 2 unspecified atom stereocenters. The van der Waals surface area contributed by atoms with E-state index in [2.05, 4.69) is 17.2 Å². The molecule has 0 saturated carbocycles. The van der Waals surface area contributed by atoms with E-state index in [1.54, 1.807) is 0 Å². The molecule has 3 nitrogen and oxygen atoms in total. The molecule has 0 aromatic heterocycles. The summed E-state index contributed by atoms with van der Waals surface area (Å²) < 4.78 is 0. The normalized spacial score (nSPS) is 23.9. The highest BCUT2D eigenvalue weighted by Crippen LogP contribution is 2.07. The topological polar surface area (TPSA) is 41.1 Å². The van der Waals surface area contributed by atoms with E-state index in [-0.39, 0.29) is 17.9 Å². The standard InChI is InChI=1S/C10H18N2O/c1-3-4-8(2)12-10(13)9-5-6-11-7-9/h3,8-9,11H,1,4-7H2,2H3,(H,12,13). The molecule has 0 spiro atoms. The summed E-state index contributed by atoms with van der Waals surface area (Å²) in [5.74, 6) is 0.353. The van der Waals surface area contributed by atoms with Gasteiger partial charge in [-0.15, -0.1) is 6.58 Å². The number of amides is 1. The molecule has 0 aromatic rings. The molecule has 1 fully saturated rings. The third-order valence-electron chi connectivity index (χ3n) is 2.34. The highest BCUT2D eigenvalue weighted by Gasteiger charge is 2.22. The lowest BCUT2D eigenvalue weighted by molar-refractivity contribution is -0.125. The Bertz CT molecular complexity index is 185. The van der Waals surface area contributed by atoms with Crippen molar-refractivity contribution in [2.75, 3.05) is 13.1 Å². The summed E-state index contributed by atoms with van der Waals surface area (Å²) >= 11 is 0. The lowest BCUT2D eigenvalue weighted by Crippen LogP contribution is -2.37. The lowest BCUT2D eigenvalue weighted by Gasteiger charge is -2.14. The number of rotatable bonds is 4. The Morgan fingerprint density at radius 1 is 1.85 bits per heavy atom. The van der Waals surface area contributed by atoms with Gasteiger partial charge in [-0.25, -0.2) is 0 Å². The molecule has 0 aromatic carbocycles. The first-order valence-electron chi connectivity index (χ1n) is 4.86. The molecule has 3 heteroatoms. The first kappa shape index (κ1) is 10.3. The van der Waals surface area contributed by atoms with Crippen molar-refractivity contribution in [1.29, 1.82) is 0 Å². The molecule has 1 rings (SSSR count). The monoisotopic (exact) mass is 182 g/mol. The van der Waals surface area contributed by atoms with Crippen molar-refractivity contribution in [2.45, 2.75) is 25.8 Å². The van der Waals surface area contributed by atoms with Crippen molar-refractivity contribution < 1.29 is 4.79 Å². The van der Waals surface area contributed by atoms with E-state index < -0.39 is 0 Å². The molecule has 1 aliphatic heterocycles. The van der Waals surface area contributed by atoms with Gasteiger partial charge in [0.25, 0.3) is 0 Å². The van der Waals surface area contributed by atoms with E-state index in [4.69, 9.17) is 0 Å². The van der Waals surface area contributed by atoms with Crippen LogP contribution < -0.4 is 10.6 Å². The molecule has 13 heavy (non-hydrogen) atoms. The summed E-state index contributed by atoms with van der Waals surface area (Å²) in [6.45, 7) is 7.44. The van der Waals surface area contributed by atoms with Gasteiger partial charge in [0.1, 0.15) is 0 Å². The Balaban J connectivity index is 2.26. The predicted octanol–water partition coefficient (Wildman–Crippen LogP) is 0.677. The van der Waals surface area contributed by atoms with Gasteiger partial charge in [0.15, 0.2) is 0 Å². The molecule has 2 N–H and O–H groups in total. The van der Waals surface area contributed by atoms with Crippen molar-refractivity contribution in [2.24, 2.45) is 5.92 Å². The van der Waals surface area contributed by atoms with Gasteiger partial charge >= 0.3 is 0 Å². The van der Waals surface area contributed by atoms with Crippen LogP contribution in [-0.4, -0.2) is 25.0 Å². The van der Waals surface area contributed by atoms with Crippen LogP contribution in [0.3, 0.4) is 0 Å². The first-order valence-corrected chi connectivity index (χ1v) is 4.86. The second-order valence-corrected chi connectivity index (χ2v) is 3.62. The molecule has 74 valence electrons. The predicted molar refractivity (Wildman–Crippen MR) is 53.4 cm³/mol. The average Bonchev–Trinajstić information content (AvgIpc) is 2.55. The molecular weight excluding hydrogens is 164 g/mol. The van der Waals surface area contributed by atoms with Crippen LogP contribution >= 0.6 is 0 Å². The van der Waals surface area contributed by atoms with Crippen LogP contribution in [0.2, 0.25) is 0 Å². The number of carbonyl (C=O) groups excluding carboxylic acids is 1. The zero-order valence-electron chi connectivity index (χ0n) is 8.18. The van der Waals surface area contributed by atoms with Gasteiger partial charge in [0.2, 0.25) is 5.91 Å². The number of carbonyl (C=O) groups is 1. The number of nitrogens with one attached hydrogen (secondary N) is 2. The van der Waals surface area contributed by atoms with E-state index in [1.807, 2.05) is 13.0 Å². The molecule has 0 aliphatic carbocycles. The second kappa shape index (κ2) is 5.02. The highest BCUT2D eigenvalue weighted by molar-refractivity contribution is 5.79. The van der Waals surface area contributed by atoms with Crippen molar-refractivity contribution in [3.63, 3.8) is 0 Å². The smallest absolute Gasteiger partial charge is 0.224 e. The van der Waals surface area contributed by atoms with E-state index in [0.717, 1.165) is 25.9 Å². The van der Waals surface area contributed by atoms with Crippen LogP contribution in [0, 0.1) is 5.92 Å². The molecule has 1 aliphatic rings. The third kappa shape index (κ3) is 3.19. The molecule has 1 amide bonds. The van der Waals surface area contributed by atoms with Gasteiger partial charge in [-0.05, 0) is 26.3 Å². The molecular formula is C10H18N2O. The van der Waals surface area contributed by atoms with Gasteiger partial charge in [-0.2, -0.15) is 0 Å². The lowest BCUT2D eigenvalue weighted by atomic mass is 10.1. The van der Waals surface area contributed by atoms with Crippen molar-refractivity contribution in [1.82, 2.24) is 10.6 Å². The third-order valence-corrected chi connectivity index (χ3v) is 2.34. The van der Waals surface area contributed by atoms with E-state index >= 15 is 0 Å².